The van der Waals surface area contributed by atoms with Crippen molar-refractivity contribution in [1.82, 2.24) is 0 Å². The summed E-state index contributed by atoms with van der Waals surface area (Å²) in [5, 5.41) is 0. The molecule has 80 valence electrons. The lowest BCUT2D eigenvalue weighted by atomic mass is 9.99. The zero-order valence-electron chi connectivity index (χ0n) is 8.94. The third-order valence-corrected chi connectivity index (χ3v) is 3.66. The molecule has 1 aliphatic rings. The van der Waals surface area contributed by atoms with Gasteiger partial charge in [-0.3, -0.25) is 0 Å². The minimum Gasteiger partial charge on any atom is -0.421 e. The summed E-state index contributed by atoms with van der Waals surface area (Å²) < 4.78 is 16.6. The molecule has 0 radical (unpaired) electrons. The van der Waals surface area contributed by atoms with Crippen LogP contribution in [0.25, 0.3) is 6.08 Å². The van der Waals surface area contributed by atoms with E-state index in [0.717, 1.165) is 22.3 Å². The molecule has 1 unspecified atom stereocenters. The molecule has 1 heterocycles. The van der Waals surface area contributed by atoms with Gasteiger partial charge >= 0.3 is 7.60 Å². The first-order valence-corrected chi connectivity index (χ1v) is 6.37. The zero-order chi connectivity index (χ0) is 11.2. The first kappa shape index (κ1) is 10.5. The molecule has 0 aliphatic carbocycles. The van der Waals surface area contributed by atoms with Gasteiger partial charge < -0.3 is 9.42 Å². The molecule has 1 aliphatic heterocycles. The fourth-order valence-electron chi connectivity index (χ4n) is 1.73. The predicted octanol–water partition coefficient (Wildman–Crippen LogP) is 3.16. The van der Waals surface area contributed by atoms with Gasteiger partial charge in [0, 0.05) is 11.4 Å². The van der Waals surface area contributed by atoms with E-state index in [4.69, 9.17) is 4.52 Å². The van der Waals surface area contributed by atoms with Crippen LogP contribution in [0.15, 0.2) is 11.9 Å². The Balaban J connectivity index is 2.71. The third kappa shape index (κ3) is 1.73. The number of rotatable bonds is 0. The number of aryl methyl sites for hydroxylation is 2. The van der Waals surface area contributed by atoms with E-state index in [-0.39, 0.29) is 0 Å². The van der Waals surface area contributed by atoms with Crippen LogP contribution in [0, 0.1) is 20.8 Å². The second-order valence-electron chi connectivity index (χ2n) is 3.85. The lowest BCUT2D eigenvalue weighted by Crippen LogP contribution is -2.01. The maximum atomic E-state index is 11.4. The van der Waals surface area contributed by atoms with Crippen LogP contribution in [-0.4, -0.2) is 4.89 Å². The van der Waals surface area contributed by atoms with Gasteiger partial charge in [-0.05, 0) is 43.5 Å². The van der Waals surface area contributed by atoms with E-state index in [9.17, 15) is 9.46 Å². The molecule has 0 amide bonds. The first-order valence-electron chi connectivity index (χ1n) is 4.73. The first-order chi connectivity index (χ1) is 6.91. The van der Waals surface area contributed by atoms with Crippen molar-refractivity contribution in [3.63, 3.8) is 0 Å². The monoisotopic (exact) mass is 224 g/mol. The quantitative estimate of drug-likeness (QED) is 0.688. The van der Waals surface area contributed by atoms with Crippen molar-refractivity contribution >= 4 is 13.7 Å². The summed E-state index contributed by atoms with van der Waals surface area (Å²) in [5.74, 6) is 1.78. The molecule has 4 heteroatoms. The Morgan fingerprint density at radius 3 is 2.60 bits per heavy atom. The van der Waals surface area contributed by atoms with Crippen molar-refractivity contribution in [2.45, 2.75) is 20.8 Å². The minimum atomic E-state index is -3.57. The summed E-state index contributed by atoms with van der Waals surface area (Å²) in [7, 11) is -3.57. The van der Waals surface area contributed by atoms with Gasteiger partial charge in [0.1, 0.15) is 5.75 Å². The summed E-state index contributed by atoms with van der Waals surface area (Å²) in [5.41, 5.74) is 3.96. The van der Waals surface area contributed by atoms with Crippen LogP contribution in [-0.2, 0) is 4.57 Å². The van der Waals surface area contributed by atoms with Gasteiger partial charge in [0.25, 0.3) is 0 Å². The molecular weight excluding hydrogens is 211 g/mol. The lowest BCUT2D eigenvalue weighted by molar-refractivity contribution is 0.389. The number of hydrogen-bond acceptors (Lipinski definition) is 2. The van der Waals surface area contributed by atoms with Crippen LogP contribution in [0.1, 0.15) is 22.3 Å². The highest BCUT2D eigenvalue weighted by molar-refractivity contribution is 7.56. The van der Waals surface area contributed by atoms with Gasteiger partial charge in [-0.1, -0.05) is 6.07 Å². The summed E-state index contributed by atoms with van der Waals surface area (Å²) >= 11 is 0. The number of benzene rings is 1. The van der Waals surface area contributed by atoms with Crippen molar-refractivity contribution in [2.24, 2.45) is 0 Å². The topological polar surface area (TPSA) is 46.5 Å². The molecule has 2 rings (SSSR count). The summed E-state index contributed by atoms with van der Waals surface area (Å²) in [6, 6.07) is 2.05. The Morgan fingerprint density at radius 2 is 1.93 bits per heavy atom. The smallest absolute Gasteiger partial charge is 0.401 e. The fourth-order valence-corrected chi connectivity index (χ4v) is 2.62. The molecule has 15 heavy (non-hydrogen) atoms. The van der Waals surface area contributed by atoms with Crippen LogP contribution in [0.3, 0.4) is 0 Å². The Bertz CT molecular complexity index is 503. The molecule has 1 N–H and O–H groups in total. The summed E-state index contributed by atoms with van der Waals surface area (Å²) in [4.78, 5) is 9.37. The third-order valence-electron chi connectivity index (χ3n) is 2.69. The summed E-state index contributed by atoms with van der Waals surface area (Å²) in [6.07, 6.45) is 1.67. The molecule has 0 aromatic heterocycles. The molecule has 1 aromatic carbocycles. The molecule has 3 nitrogen and oxygen atoms in total. The molecule has 0 saturated carbocycles. The average Bonchev–Trinajstić information content (AvgIpc) is 2.13. The maximum Gasteiger partial charge on any atom is 0.401 e. The van der Waals surface area contributed by atoms with Gasteiger partial charge in [-0.25, -0.2) is 4.57 Å². The predicted molar refractivity (Wildman–Crippen MR) is 60.1 cm³/mol. The van der Waals surface area contributed by atoms with Crippen LogP contribution in [0.4, 0.5) is 0 Å². The van der Waals surface area contributed by atoms with Crippen molar-refractivity contribution in [3.05, 3.63) is 34.1 Å². The van der Waals surface area contributed by atoms with Crippen molar-refractivity contribution < 1.29 is 14.0 Å². The molecule has 0 saturated heterocycles. The fraction of sp³-hybridized carbons (Fsp3) is 0.273. The Kier molecular flexibility index (Phi) is 2.25. The Hall–Kier alpha value is -1.05. The van der Waals surface area contributed by atoms with E-state index in [1.807, 2.05) is 20.8 Å². The van der Waals surface area contributed by atoms with Crippen LogP contribution >= 0.6 is 7.60 Å². The van der Waals surface area contributed by atoms with Crippen LogP contribution in [0.5, 0.6) is 5.75 Å². The zero-order valence-corrected chi connectivity index (χ0v) is 9.84. The molecule has 0 bridgehead atoms. The SMILES string of the molecule is Cc1cc(C)c2c(c1C)OP(=O)(O)C=C2. The van der Waals surface area contributed by atoms with Gasteiger partial charge in [0.15, 0.2) is 0 Å². The highest BCUT2D eigenvalue weighted by Crippen LogP contribution is 2.51. The van der Waals surface area contributed by atoms with Crippen molar-refractivity contribution in [2.75, 3.05) is 0 Å². The van der Waals surface area contributed by atoms with E-state index in [2.05, 4.69) is 6.07 Å². The standard InChI is InChI=1S/C11H13O3P/c1-7-6-8(2)10-4-5-15(12,13)14-11(10)9(7)3/h4-6H,1-3H3,(H,12,13). The Labute approximate surface area is 88.9 Å². The average molecular weight is 224 g/mol. The van der Waals surface area contributed by atoms with Gasteiger partial charge in [-0.15, -0.1) is 0 Å². The summed E-state index contributed by atoms with van der Waals surface area (Å²) in [6.45, 7) is 5.83. The normalized spacial score (nSPS) is 23.5. The number of fused-ring (bicyclic) bond motifs is 1. The molecule has 0 fully saturated rings. The molecule has 0 spiro atoms. The second kappa shape index (κ2) is 3.22. The molecule has 1 aromatic rings. The van der Waals surface area contributed by atoms with E-state index in [1.54, 1.807) is 6.08 Å². The van der Waals surface area contributed by atoms with Crippen LogP contribution in [0.2, 0.25) is 0 Å². The van der Waals surface area contributed by atoms with Crippen molar-refractivity contribution in [1.29, 1.82) is 0 Å². The highest BCUT2D eigenvalue weighted by Gasteiger charge is 2.25. The van der Waals surface area contributed by atoms with E-state index in [1.165, 1.54) is 5.82 Å². The second-order valence-corrected chi connectivity index (χ2v) is 5.46. The van der Waals surface area contributed by atoms with E-state index in [0.29, 0.717) is 5.75 Å². The minimum absolute atomic E-state index is 0.542. The van der Waals surface area contributed by atoms with E-state index < -0.39 is 7.60 Å². The highest BCUT2D eigenvalue weighted by atomic mass is 31.2. The van der Waals surface area contributed by atoms with Crippen molar-refractivity contribution in [3.8, 4) is 5.75 Å². The van der Waals surface area contributed by atoms with E-state index >= 15 is 0 Å². The molecule has 1 atom stereocenters. The van der Waals surface area contributed by atoms with Gasteiger partial charge in [-0.2, -0.15) is 0 Å². The largest absolute Gasteiger partial charge is 0.421 e. The molecular formula is C11H13O3P. The lowest BCUT2D eigenvalue weighted by Gasteiger charge is -2.21. The van der Waals surface area contributed by atoms with Crippen LogP contribution < -0.4 is 4.52 Å². The number of hydrogen-bond donors (Lipinski definition) is 1. The van der Waals surface area contributed by atoms with Gasteiger partial charge in [0.05, 0.1) is 0 Å². The Morgan fingerprint density at radius 1 is 1.27 bits per heavy atom. The van der Waals surface area contributed by atoms with Gasteiger partial charge in [0.2, 0.25) is 0 Å². The maximum absolute atomic E-state index is 11.4.